The standard InChI is InChI=1S/C41H35N5O4/c47-25-27-15-17-29(18-16-27)39-21-33(24-46-26-44-36-13-3-4-14-38(36)46)49-41(50-39)32-10-6-9-31(20-32)30-8-5-7-28(19-30)22-43-40(48)37-23-42-34-11-1-2-12-35(34)45-37/h1-20,23,26,33,39,41,47H,21-22,24-25H2,(H,43,48)/t33-,39+,41+/m0/s1. The summed E-state index contributed by atoms with van der Waals surface area (Å²) in [6, 6.07) is 39.8. The van der Waals surface area contributed by atoms with Crippen molar-refractivity contribution >= 4 is 28.0 Å². The van der Waals surface area contributed by atoms with Crippen molar-refractivity contribution in [1.82, 2.24) is 24.8 Å². The molecule has 1 fully saturated rings. The summed E-state index contributed by atoms with van der Waals surface area (Å²) in [4.78, 5) is 26.3. The number of nitrogens with one attached hydrogen (secondary N) is 1. The van der Waals surface area contributed by atoms with Crippen molar-refractivity contribution in [3.05, 3.63) is 162 Å². The van der Waals surface area contributed by atoms with Gasteiger partial charge in [-0.3, -0.25) is 9.78 Å². The number of rotatable bonds is 9. The van der Waals surface area contributed by atoms with Gasteiger partial charge in [-0.25, -0.2) is 9.97 Å². The van der Waals surface area contributed by atoms with Gasteiger partial charge < -0.3 is 24.5 Å². The van der Waals surface area contributed by atoms with E-state index in [1.807, 2.05) is 97.3 Å². The number of imidazole rings is 1. The third-order valence-corrected chi connectivity index (χ3v) is 9.10. The van der Waals surface area contributed by atoms with Crippen molar-refractivity contribution < 1.29 is 19.4 Å². The van der Waals surface area contributed by atoms with E-state index in [1.165, 1.54) is 6.20 Å². The van der Waals surface area contributed by atoms with E-state index in [2.05, 4.69) is 55.2 Å². The van der Waals surface area contributed by atoms with Gasteiger partial charge in [0.25, 0.3) is 5.91 Å². The second kappa shape index (κ2) is 14.0. The van der Waals surface area contributed by atoms with E-state index in [1.54, 1.807) is 0 Å². The highest BCUT2D eigenvalue weighted by atomic mass is 16.7. The molecule has 2 aromatic heterocycles. The molecular weight excluding hydrogens is 626 g/mol. The maximum absolute atomic E-state index is 12.9. The van der Waals surface area contributed by atoms with Gasteiger partial charge in [-0.05, 0) is 64.2 Å². The van der Waals surface area contributed by atoms with E-state index in [0.717, 1.165) is 49.9 Å². The number of hydrogen-bond acceptors (Lipinski definition) is 7. The fraction of sp³-hybridized carbons (Fsp3) is 0.171. The summed E-state index contributed by atoms with van der Waals surface area (Å²) in [5, 5.41) is 12.6. The third-order valence-electron chi connectivity index (χ3n) is 9.10. The van der Waals surface area contributed by atoms with Crippen LogP contribution < -0.4 is 5.32 Å². The SMILES string of the molecule is O=C(NCc1cccc(-c2cccc([C@@H]3O[C@H](Cn4cnc5ccccc54)C[C@H](c4ccc(CO)cc4)O3)c2)c1)c1cnc2ccccc2n1. The summed E-state index contributed by atoms with van der Waals surface area (Å²) < 4.78 is 15.5. The Kier molecular flexibility index (Phi) is 8.83. The number of carbonyl (C=O) groups is 1. The molecule has 1 saturated heterocycles. The van der Waals surface area contributed by atoms with E-state index >= 15 is 0 Å². The molecule has 50 heavy (non-hydrogen) atoms. The number of fused-ring (bicyclic) bond motifs is 2. The smallest absolute Gasteiger partial charge is 0.271 e. The maximum Gasteiger partial charge on any atom is 0.271 e. The van der Waals surface area contributed by atoms with Crippen molar-refractivity contribution in [2.24, 2.45) is 0 Å². The zero-order chi connectivity index (χ0) is 33.9. The van der Waals surface area contributed by atoms with Crippen LogP contribution in [-0.4, -0.2) is 36.6 Å². The second-order valence-electron chi connectivity index (χ2n) is 12.5. The van der Waals surface area contributed by atoms with Crippen LogP contribution in [0, 0.1) is 0 Å². The number of para-hydroxylation sites is 4. The Morgan fingerprint density at radius 2 is 1.52 bits per heavy atom. The Morgan fingerprint density at radius 1 is 0.760 bits per heavy atom. The number of aliphatic hydroxyl groups excluding tert-OH is 1. The van der Waals surface area contributed by atoms with Crippen LogP contribution >= 0.6 is 0 Å². The molecule has 1 aliphatic rings. The lowest BCUT2D eigenvalue weighted by atomic mass is 9.98. The molecule has 5 aromatic carbocycles. The van der Waals surface area contributed by atoms with E-state index < -0.39 is 6.29 Å². The Balaban J connectivity index is 1.02. The van der Waals surface area contributed by atoms with E-state index in [-0.39, 0.29) is 30.4 Å². The van der Waals surface area contributed by atoms with Gasteiger partial charge in [0.15, 0.2) is 6.29 Å². The number of benzene rings is 5. The molecule has 0 spiro atoms. The van der Waals surface area contributed by atoms with Gasteiger partial charge in [-0.15, -0.1) is 0 Å². The molecular formula is C41H35N5O4. The first kappa shape index (κ1) is 31.5. The van der Waals surface area contributed by atoms with E-state index in [9.17, 15) is 9.90 Å². The minimum Gasteiger partial charge on any atom is -0.392 e. The Morgan fingerprint density at radius 3 is 2.36 bits per heavy atom. The Bertz CT molecular complexity index is 2290. The lowest BCUT2D eigenvalue weighted by Gasteiger charge is -2.36. The van der Waals surface area contributed by atoms with Gasteiger partial charge >= 0.3 is 0 Å². The summed E-state index contributed by atoms with van der Waals surface area (Å²) >= 11 is 0. The summed E-state index contributed by atoms with van der Waals surface area (Å²) in [5.41, 5.74) is 9.50. The monoisotopic (exact) mass is 661 g/mol. The summed E-state index contributed by atoms with van der Waals surface area (Å²) in [6.45, 7) is 0.967. The number of aliphatic hydroxyl groups is 1. The molecule has 9 nitrogen and oxygen atoms in total. The van der Waals surface area contributed by atoms with Crippen LogP contribution in [0.15, 0.2) is 134 Å². The summed E-state index contributed by atoms with van der Waals surface area (Å²) in [6.07, 6.45) is 3.10. The number of aromatic nitrogens is 4. The van der Waals surface area contributed by atoms with Crippen LogP contribution in [0.1, 0.15) is 51.6 Å². The Hall–Kier alpha value is -5.74. The number of carbonyl (C=O) groups excluding carboxylic acids is 1. The van der Waals surface area contributed by atoms with Crippen molar-refractivity contribution in [3.8, 4) is 11.1 Å². The maximum atomic E-state index is 12.9. The highest BCUT2D eigenvalue weighted by molar-refractivity contribution is 5.93. The van der Waals surface area contributed by atoms with Crippen molar-refractivity contribution in [2.45, 2.75) is 44.6 Å². The molecule has 3 atom stereocenters. The van der Waals surface area contributed by atoms with Gasteiger partial charge in [0.1, 0.15) is 5.69 Å². The van der Waals surface area contributed by atoms with Gasteiger partial charge in [-0.2, -0.15) is 0 Å². The van der Waals surface area contributed by atoms with Crippen LogP contribution in [0.4, 0.5) is 0 Å². The quantitative estimate of drug-likeness (QED) is 0.167. The number of amides is 1. The second-order valence-corrected chi connectivity index (χ2v) is 12.5. The van der Waals surface area contributed by atoms with Gasteiger partial charge in [0.2, 0.25) is 0 Å². The first-order valence-electron chi connectivity index (χ1n) is 16.7. The Labute approximate surface area is 289 Å². The minimum absolute atomic E-state index is 0.00658. The van der Waals surface area contributed by atoms with Crippen molar-refractivity contribution in [1.29, 1.82) is 0 Å². The van der Waals surface area contributed by atoms with Crippen molar-refractivity contribution in [2.75, 3.05) is 0 Å². The zero-order valence-electron chi connectivity index (χ0n) is 27.2. The van der Waals surface area contributed by atoms with E-state index in [0.29, 0.717) is 25.0 Å². The molecule has 2 N–H and O–H groups in total. The largest absolute Gasteiger partial charge is 0.392 e. The molecule has 1 amide bonds. The van der Waals surface area contributed by atoms with Crippen LogP contribution in [0.5, 0.6) is 0 Å². The molecule has 0 unspecified atom stereocenters. The molecule has 0 bridgehead atoms. The molecule has 9 heteroatoms. The highest BCUT2D eigenvalue weighted by Gasteiger charge is 2.33. The summed E-state index contributed by atoms with van der Waals surface area (Å²) in [5.74, 6) is -0.277. The average Bonchev–Trinajstić information content (AvgIpc) is 3.59. The van der Waals surface area contributed by atoms with Crippen molar-refractivity contribution in [3.63, 3.8) is 0 Å². The molecule has 248 valence electrons. The molecule has 3 heterocycles. The third kappa shape index (κ3) is 6.75. The number of nitrogens with zero attached hydrogens (tertiary/aromatic N) is 4. The molecule has 0 saturated carbocycles. The molecule has 8 rings (SSSR count). The lowest BCUT2D eigenvalue weighted by molar-refractivity contribution is -0.252. The first-order valence-corrected chi connectivity index (χ1v) is 16.7. The lowest BCUT2D eigenvalue weighted by Crippen LogP contribution is -2.32. The van der Waals surface area contributed by atoms with Crippen LogP contribution in [0.2, 0.25) is 0 Å². The number of ether oxygens (including phenoxy) is 2. The number of hydrogen-bond donors (Lipinski definition) is 2. The molecule has 0 radical (unpaired) electrons. The fourth-order valence-corrected chi connectivity index (χ4v) is 6.47. The fourth-order valence-electron chi connectivity index (χ4n) is 6.47. The van der Waals surface area contributed by atoms with Crippen LogP contribution in [0.25, 0.3) is 33.2 Å². The molecule has 0 aliphatic carbocycles. The first-order chi connectivity index (χ1) is 24.6. The predicted molar refractivity (Wildman–Crippen MR) is 191 cm³/mol. The van der Waals surface area contributed by atoms with E-state index in [4.69, 9.17) is 9.47 Å². The van der Waals surface area contributed by atoms with Gasteiger partial charge in [-0.1, -0.05) is 84.9 Å². The van der Waals surface area contributed by atoms with Crippen LogP contribution in [0.3, 0.4) is 0 Å². The predicted octanol–water partition coefficient (Wildman–Crippen LogP) is 7.31. The average molecular weight is 662 g/mol. The van der Waals surface area contributed by atoms with Crippen LogP contribution in [-0.2, 0) is 29.2 Å². The normalized spacial score (nSPS) is 17.6. The molecule has 1 aliphatic heterocycles. The topological polar surface area (TPSA) is 111 Å². The highest BCUT2D eigenvalue weighted by Crippen LogP contribution is 2.39. The zero-order valence-corrected chi connectivity index (χ0v) is 27.2. The summed E-state index contributed by atoms with van der Waals surface area (Å²) in [7, 11) is 0. The van der Waals surface area contributed by atoms with Gasteiger partial charge in [0.05, 0.1) is 60.0 Å². The minimum atomic E-state index is -0.600. The molecule has 7 aromatic rings. The van der Waals surface area contributed by atoms with Gasteiger partial charge in [0, 0.05) is 18.5 Å².